The van der Waals surface area contributed by atoms with Crippen molar-refractivity contribution in [2.75, 3.05) is 6.61 Å². The minimum absolute atomic E-state index is 0.387. The maximum atomic E-state index is 9.55. The molecular weight excluding hydrogens is 370 g/mol. The van der Waals surface area contributed by atoms with Gasteiger partial charge in [0.2, 0.25) is 0 Å². The van der Waals surface area contributed by atoms with E-state index in [1.807, 2.05) is 45.6 Å². The van der Waals surface area contributed by atoms with E-state index >= 15 is 0 Å². The van der Waals surface area contributed by atoms with Crippen molar-refractivity contribution < 1.29 is 14.4 Å². The summed E-state index contributed by atoms with van der Waals surface area (Å²) < 4.78 is 15.7. The Labute approximate surface area is 164 Å². The lowest BCUT2D eigenvalue weighted by molar-refractivity contribution is 0.298. The zero-order chi connectivity index (χ0) is 19.6. The molecular formula is C21H17N5O3. The Morgan fingerprint density at radius 1 is 1.10 bits per heavy atom. The molecule has 0 aliphatic heterocycles. The molecule has 0 atom stereocenters. The van der Waals surface area contributed by atoms with Crippen molar-refractivity contribution in [1.82, 2.24) is 18.9 Å². The number of hydrogen-bond acceptors (Lipinski definition) is 6. The number of hydrogen-bond donors (Lipinski definition) is 1. The molecule has 0 fully saturated rings. The number of fused-ring (bicyclic) bond motifs is 2. The third-order valence-corrected chi connectivity index (χ3v) is 4.67. The molecule has 4 aromatic heterocycles. The van der Waals surface area contributed by atoms with E-state index < -0.39 is 0 Å². The molecule has 29 heavy (non-hydrogen) atoms. The van der Waals surface area contributed by atoms with Gasteiger partial charge in [-0.2, -0.15) is 0 Å². The van der Waals surface area contributed by atoms with Gasteiger partial charge < -0.3 is 23.3 Å². The summed E-state index contributed by atoms with van der Waals surface area (Å²) in [5, 5.41) is 14.0. The fraction of sp³-hybridized carbons (Fsp3) is 0.0952. The van der Waals surface area contributed by atoms with Gasteiger partial charge in [0.1, 0.15) is 29.0 Å². The fourth-order valence-electron chi connectivity index (χ4n) is 3.21. The standard InChI is InChI=1S/C21H17N5O3/c27-24-18-12-21(19-10-15-2-1-6-26(15)14-23-19)29-20-4-3-16(11-17(18)20)28-9-8-25-7-5-22-13-25/h1-7,10-14,27H,8-9H2/b24-18-. The highest BCUT2D eigenvalue weighted by atomic mass is 16.5. The normalized spacial score (nSPS) is 12.1. The van der Waals surface area contributed by atoms with Crippen molar-refractivity contribution >= 4 is 16.5 Å². The molecule has 1 aromatic carbocycles. The van der Waals surface area contributed by atoms with E-state index in [1.165, 1.54) is 0 Å². The van der Waals surface area contributed by atoms with Gasteiger partial charge in [-0.15, -0.1) is 0 Å². The van der Waals surface area contributed by atoms with E-state index in [-0.39, 0.29) is 0 Å². The van der Waals surface area contributed by atoms with Crippen LogP contribution in [0.15, 0.2) is 83.3 Å². The summed E-state index contributed by atoms with van der Waals surface area (Å²) in [6, 6.07) is 12.9. The van der Waals surface area contributed by atoms with Crippen molar-refractivity contribution in [3.05, 3.63) is 79.1 Å². The first-order valence-corrected chi connectivity index (χ1v) is 9.08. The highest BCUT2D eigenvalue weighted by Crippen LogP contribution is 2.24. The summed E-state index contributed by atoms with van der Waals surface area (Å²) in [6.45, 7) is 1.18. The molecule has 1 N–H and O–H groups in total. The number of nitrogens with zero attached hydrogens (tertiary/aromatic N) is 5. The predicted molar refractivity (Wildman–Crippen MR) is 105 cm³/mol. The van der Waals surface area contributed by atoms with E-state index in [2.05, 4.69) is 15.1 Å². The van der Waals surface area contributed by atoms with Crippen LogP contribution in [0.2, 0.25) is 0 Å². The molecule has 5 rings (SSSR count). The second-order valence-electron chi connectivity index (χ2n) is 6.52. The first-order valence-electron chi connectivity index (χ1n) is 9.08. The van der Waals surface area contributed by atoms with Crippen LogP contribution in [0.3, 0.4) is 0 Å². The van der Waals surface area contributed by atoms with Crippen molar-refractivity contribution in [2.24, 2.45) is 5.16 Å². The molecule has 0 amide bonds. The average molecular weight is 387 g/mol. The van der Waals surface area contributed by atoms with Gasteiger partial charge in [0.05, 0.1) is 24.6 Å². The SMILES string of the molecule is O/N=c1/cc(-c2cc3cccn3cn2)oc2ccc(OCCn3ccnc3)cc12. The van der Waals surface area contributed by atoms with Crippen LogP contribution in [-0.4, -0.2) is 30.7 Å². The van der Waals surface area contributed by atoms with Crippen molar-refractivity contribution in [1.29, 1.82) is 0 Å². The predicted octanol–water partition coefficient (Wildman–Crippen LogP) is 3.31. The van der Waals surface area contributed by atoms with Crippen LogP contribution >= 0.6 is 0 Å². The summed E-state index contributed by atoms with van der Waals surface area (Å²) in [7, 11) is 0. The number of benzene rings is 1. The molecule has 0 spiro atoms. The van der Waals surface area contributed by atoms with Gasteiger partial charge in [0.25, 0.3) is 0 Å². The third-order valence-electron chi connectivity index (χ3n) is 4.67. The van der Waals surface area contributed by atoms with Gasteiger partial charge in [0.15, 0.2) is 5.76 Å². The molecule has 0 bridgehead atoms. The van der Waals surface area contributed by atoms with Crippen LogP contribution in [0, 0.1) is 0 Å². The molecule has 144 valence electrons. The van der Waals surface area contributed by atoms with Gasteiger partial charge in [-0.3, -0.25) is 0 Å². The lowest BCUT2D eigenvalue weighted by Gasteiger charge is -2.09. The van der Waals surface area contributed by atoms with Crippen LogP contribution < -0.4 is 10.1 Å². The van der Waals surface area contributed by atoms with Crippen LogP contribution in [0.25, 0.3) is 27.9 Å². The number of ether oxygens (including phenoxy) is 1. The van der Waals surface area contributed by atoms with Crippen molar-refractivity contribution in [3.8, 4) is 17.2 Å². The van der Waals surface area contributed by atoms with E-state index in [9.17, 15) is 5.21 Å². The monoisotopic (exact) mass is 387 g/mol. The fourth-order valence-corrected chi connectivity index (χ4v) is 3.21. The first kappa shape index (κ1) is 17.1. The Hall–Kier alpha value is -4.07. The Balaban J connectivity index is 1.47. The maximum Gasteiger partial charge on any atom is 0.155 e. The minimum atomic E-state index is 0.387. The smallest absolute Gasteiger partial charge is 0.155 e. The van der Waals surface area contributed by atoms with Crippen LogP contribution in [0.5, 0.6) is 5.75 Å². The molecule has 4 heterocycles. The van der Waals surface area contributed by atoms with Crippen LogP contribution in [0.4, 0.5) is 0 Å². The molecule has 0 aliphatic carbocycles. The van der Waals surface area contributed by atoms with Gasteiger partial charge in [0, 0.05) is 30.2 Å². The van der Waals surface area contributed by atoms with E-state index in [0.717, 1.165) is 5.52 Å². The van der Waals surface area contributed by atoms with Gasteiger partial charge in [-0.1, -0.05) is 5.16 Å². The summed E-state index contributed by atoms with van der Waals surface area (Å²) in [4.78, 5) is 8.43. The molecule has 0 unspecified atom stereocenters. The zero-order valence-electron chi connectivity index (χ0n) is 15.3. The van der Waals surface area contributed by atoms with Crippen molar-refractivity contribution in [3.63, 3.8) is 0 Å². The van der Waals surface area contributed by atoms with Crippen LogP contribution in [-0.2, 0) is 6.54 Å². The molecule has 0 saturated heterocycles. The summed E-state index contributed by atoms with van der Waals surface area (Å²) in [5.41, 5.74) is 2.23. The summed E-state index contributed by atoms with van der Waals surface area (Å²) >= 11 is 0. The van der Waals surface area contributed by atoms with E-state index in [0.29, 0.717) is 46.7 Å². The quantitative estimate of drug-likeness (QED) is 0.369. The van der Waals surface area contributed by atoms with E-state index in [1.54, 1.807) is 37.1 Å². The number of rotatable bonds is 5. The first-order chi connectivity index (χ1) is 14.3. The maximum absolute atomic E-state index is 9.55. The molecule has 0 saturated carbocycles. The third kappa shape index (κ3) is 3.31. The Kier molecular flexibility index (Phi) is 4.21. The van der Waals surface area contributed by atoms with Gasteiger partial charge >= 0.3 is 0 Å². The number of imidazole rings is 1. The molecule has 5 aromatic rings. The largest absolute Gasteiger partial charge is 0.492 e. The number of aromatic nitrogens is 4. The summed E-state index contributed by atoms with van der Waals surface area (Å²) in [5.74, 6) is 1.18. The minimum Gasteiger partial charge on any atom is -0.492 e. The summed E-state index contributed by atoms with van der Waals surface area (Å²) in [6.07, 6.45) is 9.00. The lowest BCUT2D eigenvalue weighted by Crippen LogP contribution is -2.08. The van der Waals surface area contributed by atoms with Crippen LogP contribution in [0.1, 0.15) is 0 Å². The Morgan fingerprint density at radius 3 is 2.93 bits per heavy atom. The Bertz CT molecular complexity index is 1350. The zero-order valence-corrected chi connectivity index (χ0v) is 15.3. The van der Waals surface area contributed by atoms with Gasteiger partial charge in [-0.25, -0.2) is 9.97 Å². The van der Waals surface area contributed by atoms with E-state index in [4.69, 9.17) is 9.15 Å². The van der Waals surface area contributed by atoms with Gasteiger partial charge in [-0.05, 0) is 36.4 Å². The molecule has 8 nitrogen and oxygen atoms in total. The second-order valence-corrected chi connectivity index (χ2v) is 6.52. The van der Waals surface area contributed by atoms with Crippen molar-refractivity contribution in [2.45, 2.75) is 6.54 Å². The highest BCUT2D eigenvalue weighted by Gasteiger charge is 2.10. The second kappa shape index (κ2) is 7.16. The topological polar surface area (TPSA) is 90.1 Å². The average Bonchev–Trinajstić information content (AvgIpc) is 3.44. The lowest BCUT2D eigenvalue weighted by atomic mass is 10.2. The highest BCUT2D eigenvalue weighted by molar-refractivity contribution is 5.80. The molecule has 0 radical (unpaired) electrons. The molecule has 8 heteroatoms. The molecule has 0 aliphatic rings. The Morgan fingerprint density at radius 2 is 2.07 bits per heavy atom.